The second-order valence-corrected chi connectivity index (χ2v) is 9.36. The number of benzene rings is 3. The van der Waals surface area contributed by atoms with Crippen molar-refractivity contribution in [2.24, 2.45) is 0 Å². The zero-order valence-electron chi connectivity index (χ0n) is 18.3. The van der Waals surface area contributed by atoms with E-state index in [-0.39, 0.29) is 17.2 Å². The van der Waals surface area contributed by atoms with Crippen LogP contribution in [0.4, 0.5) is 4.39 Å². The van der Waals surface area contributed by atoms with Crippen molar-refractivity contribution in [3.8, 4) is 33.4 Å². The van der Waals surface area contributed by atoms with Crippen molar-refractivity contribution in [1.82, 2.24) is 4.90 Å². The van der Waals surface area contributed by atoms with Crippen molar-refractivity contribution in [3.63, 3.8) is 0 Å². The molecule has 0 spiro atoms. The van der Waals surface area contributed by atoms with Crippen molar-refractivity contribution in [2.45, 2.75) is 19.3 Å². The summed E-state index contributed by atoms with van der Waals surface area (Å²) in [5, 5.41) is 11.6. The van der Waals surface area contributed by atoms with Crippen LogP contribution in [0.15, 0.2) is 66.7 Å². The molecule has 1 fully saturated rings. The summed E-state index contributed by atoms with van der Waals surface area (Å²) in [6.45, 7) is 3.67. The molecule has 0 radical (unpaired) electrons. The van der Waals surface area contributed by atoms with Crippen LogP contribution in [-0.2, 0) is 0 Å². The minimum atomic E-state index is -0.485. The number of hydrogen-bond donors (Lipinski definition) is 1. The average Bonchev–Trinajstić information content (AvgIpc) is 3.27. The predicted molar refractivity (Wildman–Crippen MR) is 131 cm³/mol. The van der Waals surface area contributed by atoms with E-state index in [1.165, 1.54) is 36.1 Å². The first-order valence-electron chi connectivity index (χ1n) is 11.3. The van der Waals surface area contributed by atoms with Crippen LogP contribution in [0.1, 0.15) is 19.3 Å². The van der Waals surface area contributed by atoms with E-state index in [1.807, 2.05) is 12.1 Å². The summed E-state index contributed by atoms with van der Waals surface area (Å²) in [4.78, 5) is 3.43. The number of piperidine rings is 1. The van der Waals surface area contributed by atoms with Crippen LogP contribution >= 0.6 is 11.3 Å². The average molecular weight is 464 g/mol. The fourth-order valence-corrected chi connectivity index (χ4v) is 5.19. The molecule has 0 bridgehead atoms. The second kappa shape index (κ2) is 9.81. The number of halogens is 1. The van der Waals surface area contributed by atoms with Gasteiger partial charge in [0.25, 0.3) is 0 Å². The molecule has 3 aromatic carbocycles. The Hall–Kier alpha value is -3.09. The lowest BCUT2D eigenvalue weighted by Gasteiger charge is -2.26. The number of thiophene rings is 1. The van der Waals surface area contributed by atoms with Gasteiger partial charge in [0.15, 0.2) is 23.1 Å². The predicted octanol–water partition coefficient (Wildman–Crippen LogP) is 7.07. The molecule has 1 aliphatic heterocycles. The summed E-state index contributed by atoms with van der Waals surface area (Å²) in [7, 11) is 0. The van der Waals surface area contributed by atoms with E-state index in [1.54, 1.807) is 35.6 Å². The highest BCUT2D eigenvalue weighted by molar-refractivity contribution is 7.22. The lowest BCUT2D eigenvalue weighted by Crippen LogP contribution is -2.33. The van der Waals surface area contributed by atoms with Crippen LogP contribution in [0.5, 0.6) is 23.0 Å². The number of nitrogens with zero attached hydrogens (tertiary/aromatic N) is 1. The molecule has 5 rings (SSSR count). The van der Waals surface area contributed by atoms with Gasteiger partial charge in [-0.05, 0) is 73.3 Å². The van der Waals surface area contributed by atoms with Gasteiger partial charge in [-0.25, -0.2) is 4.39 Å². The summed E-state index contributed by atoms with van der Waals surface area (Å²) in [5.41, 5.74) is 0.866. The quantitative estimate of drug-likeness (QED) is 0.318. The number of likely N-dealkylation sites (tertiary alicyclic amines) is 1. The van der Waals surface area contributed by atoms with Gasteiger partial charge in [-0.2, -0.15) is 0 Å². The highest BCUT2D eigenvalue weighted by Gasteiger charge is 2.14. The van der Waals surface area contributed by atoms with Gasteiger partial charge in [0.05, 0.1) is 0 Å². The summed E-state index contributed by atoms with van der Waals surface area (Å²) >= 11 is 1.65. The molecule has 1 N–H and O–H groups in total. The Labute approximate surface area is 196 Å². The standard InChI is InChI=1S/C27H26FNO3S/c28-22-10-8-20(27-17-19-6-2-3-7-26(19)33-27)16-25(22)32-24-11-9-21(18-23(24)30)31-15-14-29-12-4-1-5-13-29/h2-3,6-11,16-18,30H,1,4-5,12-15H2. The fourth-order valence-electron chi connectivity index (χ4n) is 4.13. The summed E-state index contributed by atoms with van der Waals surface area (Å²) in [5.74, 6) is 0.249. The molecule has 4 aromatic rings. The topological polar surface area (TPSA) is 41.9 Å². The van der Waals surface area contributed by atoms with Gasteiger partial charge >= 0.3 is 0 Å². The summed E-state index contributed by atoms with van der Waals surface area (Å²) < 4.78 is 27.2. The van der Waals surface area contributed by atoms with Gasteiger partial charge in [-0.1, -0.05) is 30.7 Å². The van der Waals surface area contributed by atoms with E-state index in [0.717, 1.165) is 35.5 Å². The maximum absolute atomic E-state index is 14.5. The van der Waals surface area contributed by atoms with E-state index in [9.17, 15) is 9.50 Å². The normalized spacial score (nSPS) is 14.5. The molecule has 1 aromatic heterocycles. The third-order valence-electron chi connectivity index (χ3n) is 5.92. The molecule has 2 heterocycles. The molecule has 33 heavy (non-hydrogen) atoms. The van der Waals surface area contributed by atoms with E-state index in [2.05, 4.69) is 23.1 Å². The first-order chi connectivity index (χ1) is 16.2. The Bertz CT molecular complexity index is 1220. The number of hydrogen-bond acceptors (Lipinski definition) is 5. The summed E-state index contributed by atoms with van der Waals surface area (Å²) in [6.07, 6.45) is 3.79. The van der Waals surface area contributed by atoms with E-state index in [0.29, 0.717) is 12.4 Å². The molecule has 0 unspecified atom stereocenters. The third-order valence-corrected chi connectivity index (χ3v) is 7.08. The fraction of sp³-hybridized carbons (Fsp3) is 0.259. The Balaban J connectivity index is 1.28. The van der Waals surface area contributed by atoms with Gasteiger partial charge in [0.1, 0.15) is 12.4 Å². The van der Waals surface area contributed by atoms with Crippen molar-refractivity contribution >= 4 is 21.4 Å². The van der Waals surface area contributed by atoms with Crippen LogP contribution in [0.2, 0.25) is 0 Å². The van der Waals surface area contributed by atoms with Crippen LogP contribution < -0.4 is 9.47 Å². The Morgan fingerprint density at radius 1 is 0.909 bits per heavy atom. The smallest absolute Gasteiger partial charge is 0.169 e. The van der Waals surface area contributed by atoms with E-state index in [4.69, 9.17) is 9.47 Å². The zero-order valence-corrected chi connectivity index (χ0v) is 19.1. The van der Waals surface area contributed by atoms with E-state index < -0.39 is 5.82 Å². The third kappa shape index (κ3) is 5.13. The van der Waals surface area contributed by atoms with E-state index >= 15 is 0 Å². The van der Waals surface area contributed by atoms with Gasteiger partial charge in [-0.3, -0.25) is 4.90 Å². The van der Waals surface area contributed by atoms with Crippen LogP contribution in [-0.4, -0.2) is 36.2 Å². The number of fused-ring (bicyclic) bond motifs is 1. The molecule has 0 atom stereocenters. The van der Waals surface area contributed by atoms with Crippen LogP contribution in [0.3, 0.4) is 0 Å². The largest absolute Gasteiger partial charge is 0.504 e. The molecule has 4 nitrogen and oxygen atoms in total. The van der Waals surface area contributed by atoms with Gasteiger partial charge in [0.2, 0.25) is 0 Å². The van der Waals surface area contributed by atoms with Gasteiger partial charge in [-0.15, -0.1) is 11.3 Å². The van der Waals surface area contributed by atoms with Gasteiger partial charge < -0.3 is 14.6 Å². The molecular formula is C27H26FNO3S. The minimum Gasteiger partial charge on any atom is -0.504 e. The molecule has 0 saturated carbocycles. The number of phenols is 1. The molecule has 1 saturated heterocycles. The maximum atomic E-state index is 14.5. The second-order valence-electron chi connectivity index (χ2n) is 8.28. The molecule has 0 amide bonds. The Morgan fingerprint density at radius 3 is 2.58 bits per heavy atom. The number of phenolic OH excluding ortho intramolecular Hbond substituents is 1. The summed E-state index contributed by atoms with van der Waals surface area (Å²) in [6, 6.07) is 19.9. The first-order valence-corrected chi connectivity index (χ1v) is 12.1. The number of aromatic hydroxyl groups is 1. The minimum absolute atomic E-state index is 0.0685. The highest BCUT2D eigenvalue weighted by atomic mass is 32.1. The van der Waals surface area contributed by atoms with Crippen molar-refractivity contribution in [1.29, 1.82) is 0 Å². The van der Waals surface area contributed by atoms with Crippen LogP contribution in [0, 0.1) is 5.82 Å². The van der Waals surface area contributed by atoms with Gasteiger partial charge in [0, 0.05) is 22.2 Å². The molecular weight excluding hydrogens is 437 g/mol. The van der Waals surface area contributed by atoms with Crippen molar-refractivity contribution in [3.05, 3.63) is 72.5 Å². The zero-order chi connectivity index (χ0) is 22.6. The number of ether oxygens (including phenoxy) is 2. The number of rotatable bonds is 7. The monoisotopic (exact) mass is 463 g/mol. The molecule has 0 aliphatic carbocycles. The Kier molecular flexibility index (Phi) is 6.46. The Morgan fingerprint density at radius 2 is 1.76 bits per heavy atom. The van der Waals surface area contributed by atoms with Crippen LogP contribution in [0.25, 0.3) is 20.5 Å². The lowest BCUT2D eigenvalue weighted by atomic mass is 10.1. The highest BCUT2D eigenvalue weighted by Crippen LogP contribution is 2.39. The maximum Gasteiger partial charge on any atom is 0.169 e. The van der Waals surface area contributed by atoms with Crippen molar-refractivity contribution in [2.75, 3.05) is 26.2 Å². The molecule has 1 aliphatic rings. The lowest BCUT2D eigenvalue weighted by molar-refractivity contribution is 0.183. The molecule has 170 valence electrons. The van der Waals surface area contributed by atoms with Crippen molar-refractivity contribution < 1.29 is 19.0 Å². The SMILES string of the molecule is Oc1cc(OCCN2CCCCC2)ccc1Oc1cc(-c2cc3ccccc3s2)ccc1F. The molecule has 6 heteroatoms. The first kappa shape index (κ1) is 21.7.